The average Bonchev–Trinajstić information content (AvgIpc) is 2.83. The van der Waals surface area contributed by atoms with E-state index in [9.17, 15) is 14.7 Å². The number of carboxylic acid groups (broad SMARTS) is 1. The Labute approximate surface area is 194 Å². The van der Waals surface area contributed by atoms with E-state index in [4.69, 9.17) is 5.73 Å². The predicted octanol–water partition coefficient (Wildman–Crippen LogP) is 5.16. The number of carbonyl (C=O) groups is 2. The second-order valence-corrected chi connectivity index (χ2v) is 8.79. The zero-order valence-corrected chi connectivity index (χ0v) is 18.9. The van der Waals surface area contributed by atoms with Crippen molar-refractivity contribution in [3.05, 3.63) is 101 Å². The van der Waals surface area contributed by atoms with Gasteiger partial charge >= 0.3 is 5.97 Å². The number of nitrogens with two attached hydrogens (primary N) is 1. The summed E-state index contributed by atoms with van der Waals surface area (Å²) in [5.41, 5.74) is 10.1. The first-order valence-electron chi connectivity index (χ1n) is 11.5. The lowest BCUT2D eigenvalue weighted by molar-refractivity contribution is -0.119. The summed E-state index contributed by atoms with van der Waals surface area (Å²) in [4.78, 5) is 26.7. The lowest BCUT2D eigenvalue weighted by atomic mass is 9.75. The summed E-state index contributed by atoms with van der Waals surface area (Å²) in [7, 11) is 0. The van der Waals surface area contributed by atoms with Gasteiger partial charge in [-0.1, -0.05) is 60.7 Å². The van der Waals surface area contributed by atoms with Crippen LogP contribution in [0.25, 0.3) is 0 Å². The van der Waals surface area contributed by atoms with Crippen LogP contribution in [0.2, 0.25) is 0 Å². The van der Waals surface area contributed by atoms with Crippen molar-refractivity contribution in [2.45, 2.75) is 44.1 Å². The highest BCUT2D eigenvalue weighted by atomic mass is 16.4. The van der Waals surface area contributed by atoms with Gasteiger partial charge in [-0.2, -0.15) is 0 Å². The summed E-state index contributed by atoms with van der Waals surface area (Å²) in [5.74, 6) is -2.38. The molecule has 3 aromatic rings. The average molecular weight is 443 g/mol. The van der Waals surface area contributed by atoms with Crippen molar-refractivity contribution in [2.75, 3.05) is 11.4 Å². The number of benzene rings is 3. The third kappa shape index (κ3) is 4.77. The first kappa shape index (κ1) is 22.6. The van der Waals surface area contributed by atoms with E-state index in [1.54, 1.807) is 12.1 Å². The van der Waals surface area contributed by atoms with E-state index >= 15 is 0 Å². The highest BCUT2D eigenvalue weighted by Crippen LogP contribution is 2.43. The number of nitrogens with zero attached hydrogens (tertiary/aromatic N) is 1. The van der Waals surface area contributed by atoms with Crippen molar-refractivity contribution < 1.29 is 14.7 Å². The SMILES string of the molecule is CC1CCCCN1c1ccccc1C(c1ccccc1)C(C(N)=O)c1ccc(C(=O)O)cc1. The molecule has 0 radical (unpaired) electrons. The minimum absolute atomic E-state index is 0.181. The molecule has 1 saturated heterocycles. The molecule has 0 saturated carbocycles. The molecule has 4 rings (SSSR count). The monoisotopic (exact) mass is 442 g/mol. The molecule has 0 aliphatic carbocycles. The molecule has 1 aliphatic heterocycles. The van der Waals surface area contributed by atoms with Crippen LogP contribution in [0, 0.1) is 0 Å². The van der Waals surface area contributed by atoms with Gasteiger partial charge in [0.25, 0.3) is 0 Å². The molecule has 3 aromatic carbocycles. The summed E-state index contributed by atoms with van der Waals surface area (Å²) in [6.45, 7) is 3.23. The van der Waals surface area contributed by atoms with E-state index in [0.29, 0.717) is 11.6 Å². The van der Waals surface area contributed by atoms with Crippen molar-refractivity contribution in [2.24, 2.45) is 5.73 Å². The Bertz CT molecular complexity index is 1110. The molecular formula is C28H30N2O3. The quantitative estimate of drug-likeness (QED) is 0.529. The third-order valence-electron chi connectivity index (χ3n) is 6.70. The van der Waals surface area contributed by atoms with Crippen LogP contribution in [-0.2, 0) is 4.79 Å². The molecule has 33 heavy (non-hydrogen) atoms. The van der Waals surface area contributed by atoms with Crippen LogP contribution in [0.5, 0.6) is 0 Å². The van der Waals surface area contributed by atoms with E-state index < -0.39 is 17.8 Å². The Balaban J connectivity index is 1.87. The van der Waals surface area contributed by atoms with Gasteiger partial charge in [0.15, 0.2) is 0 Å². The highest BCUT2D eigenvalue weighted by molar-refractivity contribution is 5.88. The van der Waals surface area contributed by atoms with Crippen molar-refractivity contribution in [1.82, 2.24) is 0 Å². The molecule has 1 amide bonds. The third-order valence-corrected chi connectivity index (χ3v) is 6.70. The molecule has 5 heteroatoms. The van der Waals surface area contributed by atoms with Crippen molar-refractivity contribution in [3.8, 4) is 0 Å². The van der Waals surface area contributed by atoms with Gasteiger partial charge in [0.2, 0.25) is 5.91 Å². The van der Waals surface area contributed by atoms with Crippen molar-refractivity contribution in [1.29, 1.82) is 0 Å². The van der Waals surface area contributed by atoms with E-state index in [1.807, 2.05) is 42.5 Å². The van der Waals surface area contributed by atoms with E-state index in [0.717, 1.165) is 36.2 Å². The maximum Gasteiger partial charge on any atom is 0.335 e. The first-order chi connectivity index (χ1) is 16.0. The predicted molar refractivity (Wildman–Crippen MR) is 131 cm³/mol. The minimum Gasteiger partial charge on any atom is -0.478 e. The number of carbonyl (C=O) groups excluding carboxylic acids is 1. The van der Waals surface area contributed by atoms with Gasteiger partial charge in [0.05, 0.1) is 11.5 Å². The lowest BCUT2D eigenvalue weighted by Gasteiger charge is -2.39. The number of rotatable bonds is 7. The van der Waals surface area contributed by atoms with Crippen LogP contribution >= 0.6 is 0 Å². The largest absolute Gasteiger partial charge is 0.478 e. The van der Waals surface area contributed by atoms with E-state index in [-0.39, 0.29) is 11.5 Å². The molecular weight excluding hydrogens is 412 g/mol. The number of carboxylic acids is 1. The number of aromatic carboxylic acids is 1. The maximum atomic E-state index is 13.0. The first-order valence-corrected chi connectivity index (χ1v) is 11.5. The summed E-state index contributed by atoms with van der Waals surface area (Å²) in [6.07, 6.45) is 3.51. The number of piperidine rings is 1. The topological polar surface area (TPSA) is 83.6 Å². The van der Waals surface area contributed by atoms with Crippen LogP contribution in [0.3, 0.4) is 0 Å². The molecule has 1 heterocycles. The number of amides is 1. The van der Waals surface area contributed by atoms with Crippen LogP contribution in [0.15, 0.2) is 78.9 Å². The molecule has 5 nitrogen and oxygen atoms in total. The molecule has 3 unspecified atom stereocenters. The standard InChI is InChI=1S/C28H30N2O3/c1-19-9-7-8-18-30(19)24-13-6-5-12-23(24)25(20-10-3-2-4-11-20)26(27(29)31)21-14-16-22(17-15-21)28(32)33/h2-6,10-17,19,25-26H,7-9,18H2,1H3,(H2,29,31)(H,32,33). The normalized spacial score (nSPS) is 17.8. The fourth-order valence-electron chi connectivity index (χ4n) is 5.03. The second kappa shape index (κ2) is 9.90. The number of primary amides is 1. The van der Waals surface area contributed by atoms with Gasteiger partial charge in [-0.05, 0) is 61.1 Å². The van der Waals surface area contributed by atoms with Gasteiger partial charge < -0.3 is 15.7 Å². The molecule has 1 aliphatic rings. The van der Waals surface area contributed by atoms with Gasteiger partial charge in [-0.3, -0.25) is 4.79 Å². The molecule has 0 spiro atoms. The second-order valence-electron chi connectivity index (χ2n) is 8.79. The van der Waals surface area contributed by atoms with Crippen LogP contribution in [-0.4, -0.2) is 29.6 Å². The Morgan fingerprint density at radius 2 is 1.58 bits per heavy atom. The lowest BCUT2D eigenvalue weighted by Crippen LogP contribution is -2.38. The number of hydrogen-bond acceptors (Lipinski definition) is 3. The summed E-state index contributed by atoms with van der Waals surface area (Å²) in [6, 6.07) is 25.2. The molecule has 3 atom stereocenters. The zero-order valence-electron chi connectivity index (χ0n) is 18.9. The number of para-hydroxylation sites is 1. The maximum absolute atomic E-state index is 13.0. The van der Waals surface area contributed by atoms with Crippen LogP contribution in [0.1, 0.15) is 65.1 Å². The Morgan fingerprint density at radius 1 is 0.909 bits per heavy atom. The van der Waals surface area contributed by atoms with Gasteiger partial charge in [-0.15, -0.1) is 0 Å². The van der Waals surface area contributed by atoms with Gasteiger partial charge in [-0.25, -0.2) is 4.79 Å². The Morgan fingerprint density at radius 3 is 2.21 bits per heavy atom. The summed E-state index contributed by atoms with van der Waals surface area (Å²) in [5, 5.41) is 9.30. The molecule has 3 N–H and O–H groups in total. The molecule has 1 fully saturated rings. The Hall–Kier alpha value is -3.60. The summed E-state index contributed by atoms with van der Waals surface area (Å²) < 4.78 is 0. The highest BCUT2D eigenvalue weighted by Gasteiger charge is 2.34. The fourth-order valence-corrected chi connectivity index (χ4v) is 5.03. The van der Waals surface area contributed by atoms with Gasteiger partial charge in [0, 0.05) is 24.2 Å². The molecule has 0 aromatic heterocycles. The van der Waals surface area contributed by atoms with Gasteiger partial charge in [0.1, 0.15) is 0 Å². The fraction of sp³-hybridized carbons (Fsp3) is 0.286. The van der Waals surface area contributed by atoms with Crippen molar-refractivity contribution in [3.63, 3.8) is 0 Å². The number of hydrogen-bond donors (Lipinski definition) is 2. The molecule has 170 valence electrons. The van der Waals surface area contributed by atoms with Crippen LogP contribution < -0.4 is 10.6 Å². The zero-order chi connectivity index (χ0) is 23.4. The van der Waals surface area contributed by atoms with Crippen molar-refractivity contribution >= 4 is 17.6 Å². The van der Waals surface area contributed by atoms with E-state index in [1.165, 1.54) is 18.6 Å². The summed E-state index contributed by atoms with van der Waals surface area (Å²) >= 11 is 0. The van der Waals surface area contributed by atoms with Crippen LogP contribution in [0.4, 0.5) is 5.69 Å². The molecule has 0 bridgehead atoms. The Kier molecular flexibility index (Phi) is 6.78. The minimum atomic E-state index is -0.999. The van der Waals surface area contributed by atoms with E-state index in [2.05, 4.69) is 24.0 Å². The smallest absolute Gasteiger partial charge is 0.335 e. The number of anilines is 1.